The Bertz CT molecular complexity index is 1320. The SMILES string of the molecule is Nc1c2c(-c3ccc(F)c(Cl)c3)nc(NCCN3CCOCC3)nc2nn1-c1ccc(Cl)cc1. The number of nitrogens with zero attached hydrogens (tertiary/aromatic N) is 5. The number of nitrogens with two attached hydrogens (primary N) is 1. The van der Waals surface area contributed by atoms with Gasteiger partial charge in [0.25, 0.3) is 0 Å². The van der Waals surface area contributed by atoms with Gasteiger partial charge in [-0.2, -0.15) is 4.98 Å². The third-order valence-corrected chi connectivity index (χ3v) is 6.19. The van der Waals surface area contributed by atoms with E-state index in [0.717, 1.165) is 38.5 Å². The highest BCUT2D eigenvalue weighted by molar-refractivity contribution is 6.31. The fourth-order valence-electron chi connectivity index (χ4n) is 3.87. The van der Waals surface area contributed by atoms with E-state index in [-0.39, 0.29) is 5.02 Å². The van der Waals surface area contributed by atoms with Gasteiger partial charge in [-0.05, 0) is 42.5 Å². The highest BCUT2D eigenvalue weighted by Gasteiger charge is 2.20. The molecule has 1 aliphatic heterocycles. The summed E-state index contributed by atoms with van der Waals surface area (Å²) in [5.41, 5.74) is 8.76. The van der Waals surface area contributed by atoms with Crippen molar-refractivity contribution < 1.29 is 9.13 Å². The lowest BCUT2D eigenvalue weighted by atomic mass is 10.1. The van der Waals surface area contributed by atoms with Crippen molar-refractivity contribution in [3.63, 3.8) is 0 Å². The third kappa shape index (κ3) is 4.65. The van der Waals surface area contributed by atoms with Crippen molar-refractivity contribution in [2.75, 3.05) is 50.4 Å². The zero-order valence-corrected chi connectivity index (χ0v) is 19.7. The smallest absolute Gasteiger partial charge is 0.225 e. The maximum Gasteiger partial charge on any atom is 0.225 e. The van der Waals surface area contributed by atoms with Gasteiger partial charge in [-0.3, -0.25) is 4.90 Å². The Morgan fingerprint density at radius 2 is 1.82 bits per heavy atom. The van der Waals surface area contributed by atoms with Gasteiger partial charge in [-0.25, -0.2) is 14.1 Å². The van der Waals surface area contributed by atoms with Crippen LogP contribution in [0, 0.1) is 5.82 Å². The summed E-state index contributed by atoms with van der Waals surface area (Å²) in [5, 5.41) is 9.05. The number of rotatable bonds is 6. The molecule has 4 aromatic rings. The molecule has 3 heterocycles. The van der Waals surface area contributed by atoms with Gasteiger partial charge in [0, 0.05) is 36.8 Å². The largest absolute Gasteiger partial charge is 0.383 e. The summed E-state index contributed by atoms with van der Waals surface area (Å²) in [5.74, 6) is 0.244. The molecule has 0 bridgehead atoms. The molecule has 0 saturated carbocycles. The summed E-state index contributed by atoms with van der Waals surface area (Å²) in [4.78, 5) is 11.6. The van der Waals surface area contributed by atoms with E-state index < -0.39 is 5.82 Å². The minimum Gasteiger partial charge on any atom is -0.383 e. The highest BCUT2D eigenvalue weighted by atomic mass is 35.5. The van der Waals surface area contributed by atoms with Crippen LogP contribution in [0.3, 0.4) is 0 Å². The number of hydrogen-bond donors (Lipinski definition) is 2. The molecule has 8 nitrogen and oxygen atoms in total. The number of morpholine rings is 1. The van der Waals surface area contributed by atoms with Crippen molar-refractivity contribution in [2.45, 2.75) is 0 Å². The van der Waals surface area contributed by atoms with Crippen LogP contribution in [-0.4, -0.2) is 64.0 Å². The number of fused-ring (bicyclic) bond motifs is 1. The van der Waals surface area contributed by atoms with Gasteiger partial charge in [0.1, 0.15) is 11.6 Å². The van der Waals surface area contributed by atoms with E-state index in [1.54, 1.807) is 22.9 Å². The molecule has 0 spiro atoms. The predicted octanol–water partition coefficient (Wildman–Crippen LogP) is 4.25. The Hall–Kier alpha value is -2.98. The molecule has 1 saturated heterocycles. The standard InChI is InChI=1S/C23H22Cl2FN7O/c24-15-2-4-16(5-3-15)33-21(27)19-20(14-1-6-18(26)17(25)13-14)29-23(30-22(19)31-33)28-7-8-32-9-11-34-12-10-32/h1-6,13H,7-12,27H2,(H,28,30,31). The molecule has 0 radical (unpaired) electrons. The summed E-state index contributed by atoms with van der Waals surface area (Å²) in [6, 6.07) is 11.6. The molecule has 5 rings (SSSR count). The number of halogens is 3. The van der Waals surface area contributed by atoms with Gasteiger partial charge in [-0.15, -0.1) is 5.10 Å². The van der Waals surface area contributed by atoms with Crippen LogP contribution in [0.25, 0.3) is 28.0 Å². The monoisotopic (exact) mass is 501 g/mol. The first-order valence-electron chi connectivity index (χ1n) is 10.8. The summed E-state index contributed by atoms with van der Waals surface area (Å²) in [7, 11) is 0. The van der Waals surface area contributed by atoms with Crippen LogP contribution >= 0.6 is 23.2 Å². The van der Waals surface area contributed by atoms with Gasteiger partial charge in [0.05, 0.1) is 35.0 Å². The van der Waals surface area contributed by atoms with Crippen molar-refractivity contribution >= 4 is 46.0 Å². The van der Waals surface area contributed by atoms with Crippen LogP contribution in [0.2, 0.25) is 10.0 Å². The Kier molecular flexibility index (Phi) is 6.51. The highest BCUT2D eigenvalue weighted by Crippen LogP contribution is 2.34. The van der Waals surface area contributed by atoms with E-state index in [0.29, 0.717) is 45.6 Å². The molecule has 176 valence electrons. The Balaban J connectivity index is 1.55. The molecule has 1 fully saturated rings. The fraction of sp³-hybridized carbons (Fsp3) is 0.261. The molecule has 1 aliphatic rings. The van der Waals surface area contributed by atoms with Crippen LogP contribution in [0.4, 0.5) is 16.2 Å². The van der Waals surface area contributed by atoms with Gasteiger partial charge in [0.2, 0.25) is 5.95 Å². The lowest BCUT2D eigenvalue weighted by Crippen LogP contribution is -2.39. The zero-order chi connectivity index (χ0) is 23.7. The van der Waals surface area contributed by atoms with Crippen molar-refractivity contribution in [1.82, 2.24) is 24.6 Å². The minimum absolute atomic E-state index is 0.00486. The average molecular weight is 502 g/mol. The average Bonchev–Trinajstić information content (AvgIpc) is 3.18. The number of hydrogen-bond acceptors (Lipinski definition) is 7. The number of benzene rings is 2. The minimum atomic E-state index is -0.510. The van der Waals surface area contributed by atoms with E-state index in [1.165, 1.54) is 12.1 Å². The molecular formula is C23H22Cl2FN7O. The first-order chi connectivity index (χ1) is 16.5. The maximum absolute atomic E-state index is 13.8. The number of anilines is 2. The van der Waals surface area contributed by atoms with Gasteiger partial charge in [-0.1, -0.05) is 23.2 Å². The van der Waals surface area contributed by atoms with E-state index in [9.17, 15) is 4.39 Å². The molecule has 2 aromatic heterocycles. The van der Waals surface area contributed by atoms with Crippen molar-refractivity contribution in [1.29, 1.82) is 0 Å². The Labute approximate surface area is 205 Å². The molecule has 0 unspecified atom stereocenters. The molecule has 3 N–H and O–H groups in total. The second-order valence-corrected chi connectivity index (χ2v) is 8.72. The number of aromatic nitrogens is 4. The first kappa shape index (κ1) is 22.8. The van der Waals surface area contributed by atoms with Crippen molar-refractivity contribution in [2.24, 2.45) is 0 Å². The lowest BCUT2D eigenvalue weighted by molar-refractivity contribution is 0.0398. The van der Waals surface area contributed by atoms with Crippen LogP contribution in [0.5, 0.6) is 0 Å². The van der Waals surface area contributed by atoms with Crippen LogP contribution in [0.15, 0.2) is 42.5 Å². The zero-order valence-electron chi connectivity index (χ0n) is 18.1. The van der Waals surface area contributed by atoms with E-state index in [2.05, 4.69) is 20.3 Å². The van der Waals surface area contributed by atoms with Crippen LogP contribution < -0.4 is 11.1 Å². The molecule has 0 aliphatic carbocycles. The molecule has 11 heteroatoms. The summed E-state index contributed by atoms with van der Waals surface area (Å²) in [6.07, 6.45) is 0. The normalized spacial score (nSPS) is 14.6. The second-order valence-electron chi connectivity index (χ2n) is 7.88. The van der Waals surface area contributed by atoms with Crippen LogP contribution in [-0.2, 0) is 4.74 Å². The Morgan fingerprint density at radius 1 is 1.06 bits per heavy atom. The lowest BCUT2D eigenvalue weighted by Gasteiger charge is -2.26. The van der Waals surface area contributed by atoms with E-state index in [4.69, 9.17) is 38.7 Å². The Morgan fingerprint density at radius 3 is 2.56 bits per heavy atom. The summed E-state index contributed by atoms with van der Waals surface area (Å²) >= 11 is 12.1. The quantitative estimate of drug-likeness (QED) is 0.407. The molecule has 2 aromatic carbocycles. The molecule has 0 atom stereocenters. The molecular weight excluding hydrogens is 480 g/mol. The molecule has 34 heavy (non-hydrogen) atoms. The first-order valence-corrected chi connectivity index (χ1v) is 11.6. The summed E-state index contributed by atoms with van der Waals surface area (Å²) < 4.78 is 20.8. The fourth-order valence-corrected chi connectivity index (χ4v) is 4.18. The summed E-state index contributed by atoms with van der Waals surface area (Å²) in [6.45, 7) is 4.72. The van der Waals surface area contributed by atoms with Gasteiger partial charge < -0.3 is 15.8 Å². The van der Waals surface area contributed by atoms with Crippen molar-refractivity contribution in [3.05, 3.63) is 58.3 Å². The van der Waals surface area contributed by atoms with Crippen molar-refractivity contribution in [3.8, 4) is 16.9 Å². The number of nitrogen functional groups attached to an aromatic ring is 1. The maximum atomic E-state index is 13.8. The number of ether oxygens (including phenoxy) is 1. The third-order valence-electron chi connectivity index (χ3n) is 5.65. The number of nitrogens with one attached hydrogen (secondary N) is 1. The second kappa shape index (κ2) is 9.71. The van der Waals surface area contributed by atoms with E-state index in [1.807, 2.05) is 12.1 Å². The van der Waals surface area contributed by atoms with E-state index >= 15 is 0 Å². The van der Waals surface area contributed by atoms with Gasteiger partial charge >= 0.3 is 0 Å². The van der Waals surface area contributed by atoms with Crippen LogP contribution in [0.1, 0.15) is 0 Å². The predicted molar refractivity (Wildman–Crippen MR) is 132 cm³/mol. The van der Waals surface area contributed by atoms with Gasteiger partial charge in [0.15, 0.2) is 5.65 Å². The molecule has 0 amide bonds. The topological polar surface area (TPSA) is 94.1 Å².